The van der Waals surface area contributed by atoms with Gasteiger partial charge in [0.2, 0.25) is 0 Å². The summed E-state index contributed by atoms with van der Waals surface area (Å²) >= 11 is 0. The molecule has 5 rings (SSSR count). The lowest BCUT2D eigenvalue weighted by Gasteiger charge is -2.34. The fourth-order valence-corrected chi connectivity index (χ4v) is 4.46. The molecule has 1 fully saturated rings. The number of aromatic nitrogens is 3. The van der Waals surface area contributed by atoms with Crippen LogP contribution in [0.2, 0.25) is 0 Å². The Kier molecular flexibility index (Phi) is 5.06. The van der Waals surface area contributed by atoms with Crippen LogP contribution in [0.15, 0.2) is 54.9 Å². The second-order valence-corrected chi connectivity index (χ2v) is 8.68. The molecule has 4 aromatic rings. The van der Waals surface area contributed by atoms with Crippen LogP contribution >= 0.6 is 0 Å². The van der Waals surface area contributed by atoms with Crippen molar-refractivity contribution in [3.63, 3.8) is 0 Å². The molecule has 32 heavy (non-hydrogen) atoms. The van der Waals surface area contributed by atoms with Crippen molar-refractivity contribution in [3.05, 3.63) is 60.4 Å². The van der Waals surface area contributed by atoms with Gasteiger partial charge in [0.15, 0.2) is 5.72 Å². The molecule has 2 aromatic carbocycles. The van der Waals surface area contributed by atoms with E-state index >= 15 is 0 Å². The van der Waals surface area contributed by atoms with Crippen LogP contribution in [0.25, 0.3) is 21.8 Å². The molecule has 2 aromatic heterocycles. The van der Waals surface area contributed by atoms with Crippen LogP contribution in [0.4, 0.5) is 5.69 Å². The lowest BCUT2D eigenvalue weighted by molar-refractivity contribution is -0.0872. The summed E-state index contributed by atoms with van der Waals surface area (Å²) in [6, 6.07) is 12.9. The minimum Gasteiger partial charge on any atom is -0.494 e. The molecule has 0 aliphatic heterocycles. The van der Waals surface area contributed by atoms with Crippen molar-refractivity contribution in [1.82, 2.24) is 14.8 Å². The van der Waals surface area contributed by atoms with Crippen molar-refractivity contribution in [2.45, 2.75) is 38.3 Å². The number of nitrogens with zero attached hydrogens (tertiary/aromatic N) is 3. The lowest BCUT2D eigenvalue weighted by Crippen LogP contribution is -2.37. The number of methoxy groups -OCH3 is 1. The van der Waals surface area contributed by atoms with Gasteiger partial charge >= 0.3 is 0 Å². The Bertz CT molecular complexity index is 1300. The van der Waals surface area contributed by atoms with E-state index < -0.39 is 5.72 Å². The largest absolute Gasteiger partial charge is 0.494 e. The molecular weight excluding hydrogens is 404 g/mol. The SMILES string of the molecule is COc1cc2nn(C3(O)CCC(C)CC3)cc2cc1NC(=O)c1cccc2cccnc12. The first-order valence-electron chi connectivity index (χ1n) is 10.9. The van der Waals surface area contributed by atoms with Gasteiger partial charge in [-0.15, -0.1) is 0 Å². The van der Waals surface area contributed by atoms with Gasteiger partial charge in [-0.2, -0.15) is 5.10 Å². The Balaban J connectivity index is 1.49. The van der Waals surface area contributed by atoms with Crippen LogP contribution in [0.5, 0.6) is 5.75 Å². The number of pyridine rings is 1. The van der Waals surface area contributed by atoms with Crippen LogP contribution < -0.4 is 10.1 Å². The van der Waals surface area contributed by atoms with E-state index in [4.69, 9.17) is 4.74 Å². The molecule has 0 radical (unpaired) electrons. The first-order chi connectivity index (χ1) is 15.5. The third-order valence-corrected chi connectivity index (χ3v) is 6.45. The van der Waals surface area contributed by atoms with Gasteiger partial charge in [-0.25, -0.2) is 4.68 Å². The standard InChI is InChI=1S/C25H26N4O3/c1-16-8-10-25(31,11-9-16)29-15-18-13-21(22(32-2)14-20(18)28-29)27-24(30)19-7-3-5-17-6-4-12-26-23(17)19/h3-7,12-16,31H,8-11H2,1-2H3,(H,27,30). The first-order valence-corrected chi connectivity index (χ1v) is 10.9. The van der Waals surface area contributed by atoms with Crippen molar-refractivity contribution in [3.8, 4) is 5.75 Å². The van der Waals surface area contributed by atoms with E-state index in [-0.39, 0.29) is 5.91 Å². The number of carbonyl (C=O) groups is 1. The zero-order chi connectivity index (χ0) is 22.3. The Morgan fingerprint density at radius 1 is 1.19 bits per heavy atom. The zero-order valence-electron chi connectivity index (χ0n) is 18.2. The third kappa shape index (κ3) is 3.58. The molecule has 1 aliphatic carbocycles. The van der Waals surface area contributed by atoms with E-state index in [2.05, 4.69) is 22.3 Å². The average molecular weight is 431 g/mol. The predicted molar refractivity (Wildman–Crippen MR) is 124 cm³/mol. The summed E-state index contributed by atoms with van der Waals surface area (Å²) in [5.41, 5.74) is 1.41. The Morgan fingerprint density at radius 2 is 1.97 bits per heavy atom. The number of ether oxygens (including phenoxy) is 1. The maximum atomic E-state index is 13.1. The van der Waals surface area contributed by atoms with Gasteiger partial charge in [0.05, 0.1) is 29.4 Å². The smallest absolute Gasteiger partial charge is 0.257 e. The number of amides is 1. The minimum atomic E-state index is -0.975. The van der Waals surface area contributed by atoms with E-state index in [1.165, 1.54) is 0 Å². The van der Waals surface area contributed by atoms with Crippen LogP contribution in [-0.4, -0.2) is 32.9 Å². The topological polar surface area (TPSA) is 89.3 Å². The summed E-state index contributed by atoms with van der Waals surface area (Å²) in [7, 11) is 1.56. The number of carbonyl (C=O) groups excluding carboxylic acids is 1. The van der Waals surface area contributed by atoms with Gasteiger partial charge in [0.25, 0.3) is 5.91 Å². The molecule has 1 saturated carbocycles. The molecule has 0 unspecified atom stereocenters. The molecule has 0 bridgehead atoms. The van der Waals surface area contributed by atoms with Crippen molar-refractivity contribution >= 4 is 33.4 Å². The Morgan fingerprint density at radius 3 is 2.75 bits per heavy atom. The number of nitrogens with one attached hydrogen (secondary N) is 1. The molecule has 1 amide bonds. The van der Waals surface area contributed by atoms with Crippen molar-refractivity contribution in [2.75, 3.05) is 12.4 Å². The number of fused-ring (bicyclic) bond motifs is 2. The summed E-state index contributed by atoms with van der Waals surface area (Å²) in [5, 5.41) is 20.5. The van der Waals surface area contributed by atoms with Gasteiger partial charge < -0.3 is 15.2 Å². The molecule has 2 N–H and O–H groups in total. The van der Waals surface area contributed by atoms with Gasteiger partial charge in [-0.1, -0.05) is 25.1 Å². The molecule has 7 nitrogen and oxygen atoms in total. The normalized spacial score (nSPS) is 21.0. The maximum Gasteiger partial charge on any atom is 0.257 e. The summed E-state index contributed by atoms with van der Waals surface area (Å²) in [6.07, 6.45) is 6.82. The molecule has 2 heterocycles. The van der Waals surface area contributed by atoms with Gasteiger partial charge in [-0.05, 0) is 49.8 Å². The summed E-state index contributed by atoms with van der Waals surface area (Å²) in [5.74, 6) is 0.860. The van der Waals surface area contributed by atoms with Gasteiger partial charge in [0, 0.05) is 29.2 Å². The first kappa shape index (κ1) is 20.5. The quantitative estimate of drug-likeness (QED) is 0.490. The second-order valence-electron chi connectivity index (χ2n) is 8.68. The highest BCUT2D eigenvalue weighted by atomic mass is 16.5. The fourth-order valence-electron chi connectivity index (χ4n) is 4.46. The van der Waals surface area contributed by atoms with Crippen LogP contribution in [-0.2, 0) is 5.72 Å². The Hall–Kier alpha value is -3.45. The number of rotatable bonds is 4. The maximum absolute atomic E-state index is 13.1. The van der Waals surface area contributed by atoms with Gasteiger partial charge in [0.1, 0.15) is 5.75 Å². The molecule has 0 atom stereocenters. The molecule has 7 heteroatoms. The minimum absolute atomic E-state index is 0.265. The van der Waals surface area contributed by atoms with E-state index in [0.29, 0.717) is 46.8 Å². The van der Waals surface area contributed by atoms with Crippen molar-refractivity contribution in [1.29, 1.82) is 0 Å². The fraction of sp³-hybridized carbons (Fsp3) is 0.320. The number of anilines is 1. The van der Waals surface area contributed by atoms with E-state index in [0.717, 1.165) is 23.6 Å². The summed E-state index contributed by atoms with van der Waals surface area (Å²) in [4.78, 5) is 17.5. The molecule has 0 saturated heterocycles. The number of aliphatic hydroxyl groups is 1. The average Bonchev–Trinajstić information content (AvgIpc) is 3.24. The van der Waals surface area contributed by atoms with Crippen molar-refractivity contribution in [2.24, 2.45) is 5.92 Å². The molecule has 164 valence electrons. The van der Waals surface area contributed by atoms with E-state index in [1.54, 1.807) is 30.1 Å². The number of hydrogen-bond donors (Lipinski definition) is 2. The number of benzene rings is 2. The second kappa shape index (κ2) is 7.91. The monoisotopic (exact) mass is 430 g/mol. The number of hydrogen-bond acceptors (Lipinski definition) is 5. The zero-order valence-corrected chi connectivity index (χ0v) is 18.2. The van der Waals surface area contributed by atoms with Crippen LogP contribution in [0, 0.1) is 5.92 Å². The van der Waals surface area contributed by atoms with Crippen LogP contribution in [0.1, 0.15) is 43.0 Å². The Labute approximate surface area is 186 Å². The van der Waals surface area contributed by atoms with Gasteiger partial charge in [-0.3, -0.25) is 9.78 Å². The third-order valence-electron chi connectivity index (χ3n) is 6.45. The molecule has 0 spiro atoms. The molecular formula is C25H26N4O3. The summed E-state index contributed by atoms with van der Waals surface area (Å²) < 4.78 is 7.20. The number of para-hydroxylation sites is 1. The summed E-state index contributed by atoms with van der Waals surface area (Å²) in [6.45, 7) is 2.21. The lowest BCUT2D eigenvalue weighted by atomic mass is 9.85. The highest BCUT2D eigenvalue weighted by Gasteiger charge is 2.34. The van der Waals surface area contributed by atoms with E-state index in [1.807, 2.05) is 36.5 Å². The van der Waals surface area contributed by atoms with Crippen molar-refractivity contribution < 1.29 is 14.6 Å². The predicted octanol–water partition coefficient (Wildman–Crippen LogP) is 4.70. The van der Waals surface area contributed by atoms with Crippen LogP contribution in [0.3, 0.4) is 0 Å². The highest BCUT2D eigenvalue weighted by Crippen LogP contribution is 2.37. The molecule has 1 aliphatic rings. The highest BCUT2D eigenvalue weighted by molar-refractivity contribution is 6.12. The van der Waals surface area contributed by atoms with E-state index in [9.17, 15) is 9.90 Å².